The molecule has 3 N–H and O–H groups in total. The van der Waals surface area contributed by atoms with Gasteiger partial charge in [0.1, 0.15) is 0 Å². The summed E-state index contributed by atoms with van der Waals surface area (Å²) in [5, 5.41) is 0. The molecular weight excluding hydrogens is 236 g/mol. The van der Waals surface area contributed by atoms with Crippen molar-refractivity contribution in [2.24, 2.45) is 17.1 Å². The van der Waals surface area contributed by atoms with Crippen LogP contribution >= 0.6 is 0 Å². The Balaban J connectivity index is 4.32. The van der Waals surface area contributed by atoms with E-state index in [2.05, 4.69) is 18.6 Å². The second-order valence-electron chi connectivity index (χ2n) is 6.31. The average Bonchev–Trinajstić information content (AvgIpc) is 2.12. The minimum absolute atomic E-state index is 0.0327. The molecule has 17 heavy (non-hydrogen) atoms. The number of sulfonamides is 1. The molecule has 1 atom stereocenters. The van der Waals surface area contributed by atoms with Crippen molar-refractivity contribution in [3.05, 3.63) is 0 Å². The lowest BCUT2D eigenvalue weighted by atomic mass is 9.94. The Morgan fingerprint density at radius 3 is 2.12 bits per heavy atom. The standard InChI is InChI=1S/C12H28N2O2S/c1-10(2)8-11(9-13)14-17(15,16)7-6-12(3,4)5/h10-11,14H,6-9,13H2,1-5H3. The van der Waals surface area contributed by atoms with E-state index in [-0.39, 0.29) is 17.2 Å². The van der Waals surface area contributed by atoms with Crippen LogP contribution in [0, 0.1) is 11.3 Å². The van der Waals surface area contributed by atoms with Crippen LogP contribution in [0.15, 0.2) is 0 Å². The highest BCUT2D eigenvalue weighted by atomic mass is 32.2. The van der Waals surface area contributed by atoms with Gasteiger partial charge in [0.2, 0.25) is 10.0 Å². The first-order valence-electron chi connectivity index (χ1n) is 6.26. The third kappa shape index (κ3) is 9.56. The average molecular weight is 264 g/mol. The van der Waals surface area contributed by atoms with E-state index < -0.39 is 10.0 Å². The van der Waals surface area contributed by atoms with E-state index in [0.29, 0.717) is 18.9 Å². The van der Waals surface area contributed by atoms with E-state index in [9.17, 15) is 8.42 Å². The molecule has 4 nitrogen and oxygen atoms in total. The smallest absolute Gasteiger partial charge is 0.211 e. The molecule has 0 amide bonds. The molecule has 0 aliphatic rings. The van der Waals surface area contributed by atoms with Crippen molar-refractivity contribution in [3.8, 4) is 0 Å². The van der Waals surface area contributed by atoms with Gasteiger partial charge in [-0.15, -0.1) is 0 Å². The third-order valence-corrected chi connectivity index (χ3v) is 3.94. The van der Waals surface area contributed by atoms with E-state index in [1.165, 1.54) is 0 Å². The van der Waals surface area contributed by atoms with Gasteiger partial charge in [-0.2, -0.15) is 0 Å². The summed E-state index contributed by atoms with van der Waals surface area (Å²) in [5.74, 6) is 0.610. The van der Waals surface area contributed by atoms with Gasteiger partial charge in [-0.05, 0) is 24.2 Å². The lowest BCUT2D eigenvalue weighted by Gasteiger charge is -2.21. The van der Waals surface area contributed by atoms with Crippen molar-refractivity contribution in [3.63, 3.8) is 0 Å². The fraction of sp³-hybridized carbons (Fsp3) is 1.00. The normalized spacial score (nSPS) is 15.2. The summed E-state index contributed by atoms with van der Waals surface area (Å²) in [7, 11) is -3.20. The molecule has 0 aliphatic heterocycles. The SMILES string of the molecule is CC(C)CC(CN)NS(=O)(=O)CCC(C)(C)C. The molecule has 0 saturated carbocycles. The minimum atomic E-state index is -3.20. The summed E-state index contributed by atoms with van der Waals surface area (Å²) < 4.78 is 26.4. The van der Waals surface area contributed by atoms with Gasteiger partial charge >= 0.3 is 0 Å². The Morgan fingerprint density at radius 1 is 1.24 bits per heavy atom. The first-order valence-corrected chi connectivity index (χ1v) is 7.91. The van der Waals surface area contributed by atoms with E-state index in [0.717, 1.165) is 6.42 Å². The summed E-state index contributed by atoms with van der Waals surface area (Å²) in [6, 6.07) is -0.139. The van der Waals surface area contributed by atoms with Gasteiger partial charge in [0, 0.05) is 12.6 Å². The highest BCUT2D eigenvalue weighted by molar-refractivity contribution is 7.89. The van der Waals surface area contributed by atoms with Crippen molar-refractivity contribution < 1.29 is 8.42 Å². The molecule has 0 aromatic rings. The highest BCUT2D eigenvalue weighted by Crippen LogP contribution is 2.19. The Morgan fingerprint density at radius 2 is 1.76 bits per heavy atom. The predicted octanol–water partition coefficient (Wildman–Crippen LogP) is 1.72. The van der Waals surface area contributed by atoms with Crippen molar-refractivity contribution in [2.75, 3.05) is 12.3 Å². The number of hydrogen-bond donors (Lipinski definition) is 2. The van der Waals surface area contributed by atoms with Crippen LogP contribution in [0.25, 0.3) is 0 Å². The zero-order valence-electron chi connectivity index (χ0n) is 11.8. The molecule has 0 saturated heterocycles. The van der Waals surface area contributed by atoms with Crippen molar-refractivity contribution >= 4 is 10.0 Å². The zero-order valence-corrected chi connectivity index (χ0v) is 12.6. The quantitative estimate of drug-likeness (QED) is 0.735. The van der Waals surface area contributed by atoms with Gasteiger partial charge in [-0.1, -0.05) is 34.6 Å². The first-order chi connectivity index (χ1) is 7.56. The van der Waals surface area contributed by atoms with Gasteiger partial charge in [0.15, 0.2) is 0 Å². The number of hydrogen-bond acceptors (Lipinski definition) is 3. The molecule has 0 bridgehead atoms. The van der Waals surface area contributed by atoms with Gasteiger partial charge in [0.05, 0.1) is 5.75 Å². The summed E-state index contributed by atoms with van der Waals surface area (Å²) in [4.78, 5) is 0. The van der Waals surface area contributed by atoms with Crippen LogP contribution in [0.3, 0.4) is 0 Å². The molecule has 0 fully saturated rings. The van der Waals surface area contributed by atoms with Crippen LogP contribution in [0.2, 0.25) is 0 Å². The summed E-state index contributed by atoms with van der Waals surface area (Å²) in [5.41, 5.74) is 5.62. The first kappa shape index (κ1) is 16.9. The molecule has 104 valence electrons. The summed E-state index contributed by atoms with van der Waals surface area (Å²) >= 11 is 0. The van der Waals surface area contributed by atoms with Gasteiger partial charge in [-0.3, -0.25) is 0 Å². The second-order valence-corrected chi connectivity index (χ2v) is 8.18. The molecule has 0 radical (unpaired) electrons. The Labute approximate surface area is 106 Å². The Bertz CT molecular complexity index is 305. The Kier molecular flexibility index (Phi) is 6.66. The van der Waals surface area contributed by atoms with Gasteiger partial charge in [-0.25, -0.2) is 13.1 Å². The van der Waals surface area contributed by atoms with Crippen LogP contribution in [0.1, 0.15) is 47.5 Å². The number of nitrogens with two attached hydrogens (primary N) is 1. The molecule has 1 unspecified atom stereocenters. The second kappa shape index (κ2) is 6.71. The van der Waals surface area contributed by atoms with Crippen molar-refractivity contribution in [1.29, 1.82) is 0 Å². The number of nitrogens with one attached hydrogen (secondary N) is 1. The summed E-state index contributed by atoms with van der Waals surface area (Å²) in [6.45, 7) is 10.6. The molecule has 0 rings (SSSR count). The maximum Gasteiger partial charge on any atom is 0.211 e. The van der Waals surface area contributed by atoms with E-state index in [1.54, 1.807) is 0 Å². The van der Waals surface area contributed by atoms with Crippen LogP contribution < -0.4 is 10.5 Å². The lowest BCUT2D eigenvalue weighted by molar-refractivity contribution is 0.394. The maximum atomic E-state index is 11.9. The lowest BCUT2D eigenvalue weighted by Crippen LogP contribution is -2.42. The van der Waals surface area contributed by atoms with Crippen LogP contribution in [-0.2, 0) is 10.0 Å². The monoisotopic (exact) mass is 264 g/mol. The van der Waals surface area contributed by atoms with E-state index >= 15 is 0 Å². The topological polar surface area (TPSA) is 72.2 Å². The van der Waals surface area contributed by atoms with Crippen LogP contribution in [0.5, 0.6) is 0 Å². The molecule has 0 aromatic carbocycles. The minimum Gasteiger partial charge on any atom is -0.329 e. The maximum absolute atomic E-state index is 11.9. The molecule has 0 aromatic heterocycles. The van der Waals surface area contributed by atoms with Crippen LogP contribution in [0.4, 0.5) is 0 Å². The highest BCUT2D eigenvalue weighted by Gasteiger charge is 2.20. The molecular formula is C12H28N2O2S. The van der Waals surface area contributed by atoms with Crippen molar-refractivity contribution in [2.45, 2.75) is 53.5 Å². The molecule has 0 aliphatic carbocycles. The van der Waals surface area contributed by atoms with E-state index in [4.69, 9.17) is 5.73 Å². The molecule has 0 heterocycles. The van der Waals surface area contributed by atoms with Gasteiger partial charge < -0.3 is 5.73 Å². The fourth-order valence-electron chi connectivity index (χ4n) is 1.51. The molecule has 5 heteroatoms. The summed E-state index contributed by atoms with van der Waals surface area (Å²) in [6.07, 6.45) is 1.44. The Hall–Kier alpha value is -0.130. The van der Waals surface area contributed by atoms with Gasteiger partial charge in [0.25, 0.3) is 0 Å². The predicted molar refractivity (Wildman–Crippen MR) is 73.3 cm³/mol. The third-order valence-electron chi connectivity index (χ3n) is 2.51. The van der Waals surface area contributed by atoms with E-state index in [1.807, 2.05) is 20.8 Å². The fourth-order valence-corrected chi connectivity index (χ4v) is 3.21. The largest absolute Gasteiger partial charge is 0.329 e. The zero-order chi connectivity index (χ0) is 13.7. The number of rotatable bonds is 7. The van der Waals surface area contributed by atoms with Crippen LogP contribution in [-0.4, -0.2) is 26.8 Å². The van der Waals surface area contributed by atoms with Crippen molar-refractivity contribution in [1.82, 2.24) is 4.72 Å². The molecule has 0 spiro atoms.